The molecule has 3 rings (SSSR count). The highest BCUT2D eigenvalue weighted by molar-refractivity contribution is 5.89. The zero-order valence-electron chi connectivity index (χ0n) is 14.0. The Morgan fingerprint density at radius 2 is 2.00 bits per heavy atom. The average Bonchev–Trinajstić information content (AvgIpc) is 3.16. The van der Waals surface area contributed by atoms with Crippen LogP contribution in [0, 0.1) is 12.8 Å². The van der Waals surface area contributed by atoms with Gasteiger partial charge in [0.15, 0.2) is 0 Å². The van der Waals surface area contributed by atoms with Crippen LogP contribution in [0.5, 0.6) is 0 Å². The topological polar surface area (TPSA) is 55.1 Å². The molecule has 0 spiro atoms. The van der Waals surface area contributed by atoms with Gasteiger partial charge in [0, 0.05) is 6.04 Å². The van der Waals surface area contributed by atoms with E-state index in [1.165, 1.54) is 17.5 Å². The lowest BCUT2D eigenvalue weighted by molar-refractivity contribution is -0.127. The molecule has 0 saturated heterocycles. The Labute approximate surface area is 145 Å². The molecule has 2 fully saturated rings. The fraction of sp³-hybridized carbons (Fsp3) is 0.632. The molecule has 2 aliphatic rings. The molecule has 2 aliphatic carbocycles. The van der Waals surface area contributed by atoms with Crippen LogP contribution < -0.4 is 11.1 Å². The van der Waals surface area contributed by atoms with Gasteiger partial charge in [-0.25, -0.2) is 0 Å². The molecule has 3 nitrogen and oxygen atoms in total. The lowest BCUT2D eigenvalue weighted by atomic mass is 9.77. The summed E-state index contributed by atoms with van der Waals surface area (Å²) in [6.45, 7) is 2.79. The van der Waals surface area contributed by atoms with Crippen LogP contribution in [0.2, 0.25) is 0 Å². The van der Waals surface area contributed by atoms with Crippen LogP contribution in [0.15, 0.2) is 24.3 Å². The van der Waals surface area contributed by atoms with E-state index in [4.69, 9.17) is 5.73 Å². The first-order valence-electron chi connectivity index (χ1n) is 8.74. The fourth-order valence-electron chi connectivity index (χ4n) is 4.38. The van der Waals surface area contributed by atoms with Gasteiger partial charge in [-0.2, -0.15) is 0 Å². The standard InChI is InChI=1S/C19H28N2O.ClH/c1-14-6-4-8-16(12-14)19(10-2-3-11-19)18(22)21-17-9-5-7-15(17)13-20;/h4,6,8,12,15,17H,2-3,5,7,9-11,13,20H2,1H3,(H,21,22);1H. The molecule has 2 atom stereocenters. The van der Waals surface area contributed by atoms with Crippen LogP contribution in [-0.4, -0.2) is 18.5 Å². The molecule has 0 radical (unpaired) electrons. The third-order valence-corrected chi connectivity index (χ3v) is 5.74. The lowest BCUT2D eigenvalue weighted by Gasteiger charge is -2.31. The summed E-state index contributed by atoms with van der Waals surface area (Å²) in [5, 5.41) is 3.36. The maximum absolute atomic E-state index is 13.1. The fourth-order valence-corrected chi connectivity index (χ4v) is 4.38. The minimum absolute atomic E-state index is 0. The van der Waals surface area contributed by atoms with Crippen LogP contribution in [-0.2, 0) is 10.2 Å². The summed E-state index contributed by atoms with van der Waals surface area (Å²) in [5.41, 5.74) is 7.99. The Bertz CT molecular complexity index is 540. The molecular weight excluding hydrogens is 308 g/mol. The molecule has 3 N–H and O–H groups in total. The zero-order chi connectivity index (χ0) is 15.6. The van der Waals surface area contributed by atoms with E-state index in [9.17, 15) is 4.79 Å². The number of halogens is 1. The van der Waals surface area contributed by atoms with Crippen LogP contribution in [0.4, 0.5) is 0 Å². The van der Waals surface area contributed by atoms with E-state index in [1.807, 2.05) is 0 Å². The van der Waals surface area contributed by atoms with E-state index in [2.05, 4.69) is 36.5 Å². The van der Waals surface area contributed by atoms with E-state index in [0.717, 1.165) is 38.5 Å². The van der Waals surface area contributed by atoms with Gasteiger partial charge in [-0.1, -0.05) is 49.1 Å². The summed E-state index contributed by atoms with van der Waals surface area (Å²) in [7, 11) is 0. The highest BCUT2D eigenvalue weighted by Crippen LogP contribution is 2.42. The number of hydrogen-bond acceptors (Lipinski definition) is 2. The summed E-state index contributed by atoms with van der Waals surface area (Å²) in [4.78, 5) is 13.1. The summed E-state index contributed by atoms with van der Waals surface area (Å²) in [5.74, 6) is 0.695. The van der Waals surface area contributed by atoms with E-state index in [1.54, 1.807) is 0 Å². The maximum Gasteiger partial charge on any atom is 0.230 e. The number of aryl methyl sites for hydroxylation is 1. The Hall–Kier alpha value is -1.06. The number of carbonyl (C=O) groups is 1. The molecule has 0 aliphatic heterocycles. The molecule has 0 aromatic heterocycles. The van der Waals surface area contributed by atoms with Crippen molar-refractivity contribution in [3.8, 4) is 0 Å². The number of nitrogens with one attached hydrogen (secondary N) is 1. The van der Waals surface area contributed by atoms with Gasteiger partial charge < -0.3 is 11.1 Å². The number of benzene rings is 1. The molecule has 4 heteroatoms. The number of rotatable bonds is 4. The van der Waals surface area contributed by atoms with E-state index < -0.39 is 0 Å². The van der Waals surface area contributed by atoms with Crippen LogP contribution in [0.25, 0.3) is 0 Å². The Balaban J connectivity index is 0.00000192. The molecule has 1 amide bonds. The number of hydrogen-bond donors (Lipinski definition) is 2. The number of amides is 1. The van der Waals surface area contributed by atoms with Gasteiger partial charge in [0.25, 0.3) is 0 Å². The first kappa shape index (κ1) is 18.3. The van der Waals surface area contributed by atoms with Crippen LogP contribution in [0.1, 0.15) is 56.1 Å². The van der Waals surface area contributed by atoms with Crippen molar-refractivity contribution in [3.05, 3.63) is 35.4 Å². The van der Waals surface area contributed by atoms with Gasteiger partial charge in [0.1, 0.15) is 0 Å². The third-order valence-electron chi connectivity index (χ3n) is 5.74. The second-order valence-corrected chi connectivity index (χ2v) is 7.17. The molecule has 1 aromatic rings. The molecule has 2 unspecified atom stereocenters. The normalized spacial score (nSPS) is 25.8. The quantitative estimate of drug-likeness (QED) is 0.884. The summed E-state index contributed by atoms with van der Waals surface area (Å²) >= 11 is 0. The van der Waals surface area contributed by atoms with Crippen molar-refractivity contribution in [2.75, 3.05) is 6.54 Å². The van der Waals surface area contributed by atoms with Crippen molar-refractivity contribution in [1.29, 1.82) is 0 Å². The first-order valence-corrected chi connectivity index (χ1v) is 8.74. The van der Waals surface area contributed by atoms with E-state index in [0.29, 0.717) is 12.5 Å². The van der Waals surface area contributed by atoms with Crippen LogP contribution >= 0.6 is 12.4 Å². The smallest absolute Gasteiger partial charge is 0.230 e. The second kappa shape index (κ2) is 7.67. The van der Waals surface area contributed by atoms with E-state index >= 15 is 0 Å². The number of carbonyl (C=O) groups excluding carboxylic acids is 1. The molecule has 2 saturated carbocycles. The average molecular weight is 337 g/mol. The minimum Gasteiger partial charge on any atom is -0.352 e. The van der Waals surface area contributed by atoms with Crippen molar-refractivity contribution in [2.24, 2.45) is 11.7 Å². The highest BCUT2D eigenvalue weighted by atomic mass is 35.5. The summed E-state index contributed by atoms with van der Waals surface area (Å²) < 4.78 is 0. The molecule has 0 bridgehead atoms. The Kier molecular flexibility index (Phi) is 6.10. The van der Waals surface area contributed by atoms with Crippen LogP contribution in [0.3, 0.4) is 0 Å². The van der Waals surface area contributed by atoms with Gasteiger partial charge >= 0.3 is 0 Å². The zero-order valence-corrected chi connectivity index (χ0v) is 14.8. The maximum atomic E-state index is 13.1. The highest BCUT2D eigenvalue weighted by Gasteiger charge is 2.44. The molecule has 23 heavy (non-hydrogen) atoms. The third kappa shape index (κ3) is 3.56. The monoisotopic (exact) mass is 336 g/mol. The van der Waals surface area contributed by atoms with Crippen molar-refractivity contribution < 1.29 is 4.79 Å². The predicted molar refractivity (Wildman–Crippen MR) is 96.9 cm³/mol. The summed E-state index contributed by atoms with van der Waals surface area (Å²) in [6, 6.07) is 8.79. The van der Waals surface area contributed by atoms with Gasteiger partial charge in [-0.15, -0.1) is 12.4 Å². The van der Waals surface area contributed by atoms with Crippen molar-refractivity contribution in [2.45, 2.75) is 63.3 Å². The lowest BCUT2D eigenvalue weighted by Crippen LogP contribution is -2.49. The Morgan fingerprint density at radius 1 is 1.26 bits per heavy atom. The van der Waals surface area contributed by atoms with Crippen molar-refractivity contribution in [3.63, 3.8) is 0 Å². The van der Waals surface area contributed by atoms with E-state index in [-0.39, 0.29) is 29.8 Å². The Morgan fingerprint density at radius 3 is 2.65 bits per heavy atom. The van der Waals surface area contributed by atoms with Crippen molar-refractivity contribution >= 4 is 18.3 Å². The van der Waals surface area contributed by atoms with Gasteiger partial charge in [0.2, 0.25) is 5.91 Å². The summed E-state index contributed by atoms with van der Waals surface area (Å²) in [6.07, 6.45) is 7.66. The van der Waals surface area contributed by atoms with Crippen molar-refractivity contribution in [1.82, 2.24) is 5.32 Å². The molecule has 0 heterocycles. The molecule has 1 aromatic carbocycles. The first-order chi connectivity index (χ1) is 10.7. The SMILES string of the molecule is Cc1cccc(C2(C(=O)NC3CCCC3CN)CCCC2)c1.Cl. The largest absolute Gasteiger partial charge is 0.352 e. The molecular formula is C19H29ClN2O. The molecule has 128 valence electrons. The second-order valence-electron chi connectivity index (χ2n) is 7.17. The number of nitrogens with two attached hydrogens (primary N) is 1. The minimum atomic E-state index is -0.312. The van der Waals surface area contributed by atoms with Gasteiger partial charge in [-0.3, -0.25) is 4.79 Å². The van der Waals surface area contributed by atoms with Gasteiger partial charge in [0.05, 0.1) is 5.41 Å². The van der Waals surface area contributed by atoms with Gasteiger partial charge in [-0.05, 0) is 50.6 Å². The predicted octanol–water partition coefficient (Wildman–Crippen LogP) is 3.47.